The van der Waals surface area contributed by atoms with Crippen molar-refractivity contribution in [1.29, 1.82) is 0 Å². The van der Waals surface area contributed by atoms with Crippen LogP contribution in [-0.4, -0.2) is 66.8 Å². The summed E-state index contributed by atoms with van der Waals surface area (Å²) in [4.78, 5) is 20.0. The number of alkyl halides is 5. The van der Waals surface area contributed by atoms with Gasteiger partial charge in [-0.2, -0.15) is 22.0 Å². The summed E-state index contributed by atoms with van der Waals surface area (Å²) in [7, 11) is 0. The zero-order valence-corrected chi connectivity index (χ0v) is 25.5. The van der Waals surface area contributed by atoms with Crippen molar-refractivity contribution in [3.63, 3.8) is 0 Å². The van der Waals surface area contributed by atoms with E-state index < -0.39 is 17.0 Å². The molecule has 4 rings (SSSR count). The second kappa shape index (κ2) is 15.4. The number of carbonyl (C=O) groups excluding carboxylic acids is 1. The van der Waals surface area contributed by atoms with Gasteiger partial charge in [-0.25, -0.2) is 0 Å². The molecule has 2 aliphatic heterocycles. The minimum absolute atomic E-state index is 0.184. The van der Waals surface area contributed by atoms with E-state index in [1.165, 1.54) is 23.8 Å². The third-order valence-electron chi connectivity index (χ3n) is 8.39. The molecule has 2 aliphatic rings. The highest BCUT2D eigenvalue weighted by molar-refractivity contribution is 8.00. The number of hydrogen-bond donors (Lipinski definition) is 0. The summed E-state index contributed by atoms with van der Waals surface area (Å²) in [5.74, 6) is 0.583. The number of allylic oxidation sites excluding steroid dienone is 1. The fourth-order valence-electron chi connectivity index (χ4n) is 5.92. The molecule has 0 unspecified atom stereocenters. The number of piperazine rings is 1. The van der Waals surface area contributed by atoms with E-state index in [0.29, 0.717) is 48.6 Å². The maximum absolute atomic E-state index is 13.9. The molecular weight excluding hydrogens is 581 g/mol. The minimum atomic E-state index is -4.33. The van der Waals surface area contributed by atoms with Crippen LogP contribution in [0.15, 0.2) is 66.1 Å². The van der Waals surface area contributed by atoms with Crippen molar-refractivity contribution in [2.75, 3.05) is 50.7 Å². The largest absolute Gasteiger partial charge is 0.416 e. The third kappa shape index (κ3) is 10.2. The van der Waals surface area contributed by atoms with Crippen molar-refractivity contribution < 1.29 is 26.7 Å². The van der Waals surface area contributed by atoms with Crippen LogP contribution in [0, 0.1) is 0 Å². The van der Waals surface area contributed by atoms with Crippen LogP contribution in [0.4, 0.5) is 27.6 Å². The number of rotatable bonds is 9. The van der Waals surface area contributed by atoms with E-state index in [4.69, 9.17) is 0 Å². The lowest BCUT2D eigenvalue weighted by molar-refractivity contribution is -0.137. The van der Waals surface area contributed by atoms with E-state index in [9.17, 15) is 26.7 Å². The molecule has 1 amide bonds. The molecule has 0 saturated carbocycles. The minimum Gasteiger partial charge on any atom is -0.369 e. The molecular formula is C33H42F5N3OS. The van der Waals surface area contributed by atoms with E-state index >= 15 is 0 Å². The second-order valence-electron chi connectivity index (χ2n) is 11.5. The lowest BCUT2D eigenvalue weighted by Crippen LogP contribution is -2.47. The molecule has 0 aliphatic carbocycles. The highest BCUT2D eigenvalue weighted by Gasteiger charge is 2.31. The maximum atomic E-state index is 13.9. The third-order valence-corrected chi connectivity index (χ3v) is 9.36. The zero-order chi connectivity index (χ0) is 30.9. The van der Waals surface area contributed by atoms with Gasteiger partial charge in [0.15, 0.2) is 0 Å². The Labute approximate surface area is 256 Å². The van der Waals surface area contributed by atoms with Crippen LogP contribution in [0.3, 0.4) is 0 Å². The molecule has 0 N–H and O–H groups in total. The number of benzene rings is 2. The molecule has 0 radical (unpaired) electrons. The smallest absolute Gasteiger partial charge is 0.369 e. The summed E-state index contributed by atoms with van der Waals surface area (Å²) in [6, 6.07) is 12.9. The molecule has 10 heteroatoms. The van der Waals surface area contributed by atoms with Gasteiger partial charge in [0, 0.05) is 69.2 Å². The van der Waals surface area contributed by atoms with Crippen LogP contribution in [0.5, 0.6) is 0 Å². The average molecular weight is 624 g/mol. The first kappa shape index (κ1) is 33.3. The monoisotopic (exact) mass is 623 g/mol. The number of amides is 1. The van der Waals surface area contributed by atoms with E-state index in [1.807, 2.05) is 17.0 Å². The van der Waals surface area contributed by atoms with Crippen molar-refractivity contribution in [3.05, 3.63) is 72.3 Å². The van der Waals surface area contributed by atoms with Crippen molar-refractivity contribution in [2.24, 2.45) is 0 Å². The summed E-state index contributed by atoms with van der Waals surface area (Å²) in [6.45, 7) is 8.57. The summed E-state index contributed by atoms with van der Waals surface area (Å²) in [5, 5.41) is -2.85. The van der Waals surface area contributed by atoms with Crippen molar-refractivity contribution in [1.82, 2.24) is 9.80 Å². The van der Waals surface area contributed by atoms with Crippen LogP contribution in [0.25, 0.3) is 0 Å². The Morgan fingerprint density at radius 2 is 1.44 bits per heavy atom. The van der Waals surface area contributed by atoms with Gasteiger partial charge in [0.1, 0.15) is 0 Å². The van der Waals surface area contributed by atoms with Gasteiger partial charge in [-0.15, -0.1) is 6.58 Å². The topological polar surface area (TPSA) is 26.8 Å². The Balaban J connectivity index is 1.18. The van der Waals surface area contributed by atoms with Crippen LogP contribution >= 0.6 is 11.8 Å². The molecule has 43 heavy (non-hydrogen) atoms. The van der Waals surface area contributed by atoms with Crippen LogP contribution < -0.4 is 4.90 Å². The molecule has 4 nitrogen and oxygen atoms in total. The van der Waals surface area contributed by atoms with E-state index in [2.05, 4.69) is 16.4 Å². The van der Waals surface area contributed by atoms with E-state index in [1.54, 1.807) is 12.1 Å². The Hall–Kier alpha value is -2.59. The van der Waals surface area contributed by atoms with Gasteiger partial charge in [0.25, 0.3) is 0 Å². The molecule has 2 heterocycles. The highest BCUT2D eigenvalue weighted by atomic mass is 32.2. The number of thioether (sulfide) groups is 1. The SMILES string of the molecule is C=CCC(F)(F)Sc1ccc(C2CCCCN(C(=O)CCN3CCN(c4ccc(C(F)(F)F)cc4)CC3)CCCC2)cc1. The van der Waals surface area contributed by atoms with Crippen molar-refractivity contribution in [3.8, 4) is 0 Å². The van der Waals surface area contributed by atoms with Gasteiger partial charge in [-0.1, -0.05) is 42.8 Å². The van der Waals surface area contributed by atoms with Gasteiger partial charge >= 0.3 is 11.4 Å². The molecule has 2 saturated heterocycles. The summed E-state index contributed by atoms with van der Waals surface area (Å²) in [6.07, 6.45) is 2.96. The maximum Gasteiger partial charge on any atom is 0.416 e. The number of carbonyl (C=O) groups is 1. The average Bonchev–Trinajstić information content (AvgIpc) is 2.98. The molecule has 0 spiro atoms. The first-order chi connectivity index (χ1) is 20.5. The van der Waals surface area contributed by atoms with Crippen molar-refractivity contribution in [2.45, 2.75) is 73.6 Å². The van der Waals surface area contributed by atoms with Gasteiger partial charge in [0.05, 0.1) is 5.56 Å². The number of nitrogens with zero attached hydrogens (tertiary/aromatic N) is 3. The van der Waals surface area contributed by atoms with Gasteiger partial charge < -0.3 is 9.80 Å². The molecule has 0 aromatic heterocycles. The molecule has 0 bridgehead atoms. The summed E-state index contributed by atoms with van der Waals surface area (Å²) in [5.41, 5.74) is 1.35. The van der Waals surface area contributed by atoms with E-state index in [-0.39, 0.29) is 12.3 Å². The number of halogens is 5. The highest BCUT2D eigenvalue weighted by Crippen LogP contribution is 2.39. The van der Waals surface area contributed by atoms with Crippen LogP contribution in [0.2, 0.25) is 0 Å². The lowest BCUT2D eigenvalue weighted by atomic mass is 9.88. The normalized spacial score (nSPS) is 18.4. The fraction of sp³-hybridized carbons (Fsp3) is 0.545. The fourth-order valence-corrected chi connectivity index (χ4v) is 6.74. The Morgan fingerprint density at radius 1 is 0.837 bits per heavy atom. The summed E-state index contributed by atoms with van der Waals surface area (Å²) < 4.78 is 66.4. The van der Waals surface area contributed by atoms with E-state index in [0.717, 1.165) is 82.5 Å². The molecule has 2 aromatic carbocycles. The Bertz CT molecular complexity index is 1150. The Morgan fingerprint density at radius 3 is 2.00 bits per heavy atom. The second-order valence-corrected chi connectivity index (χ2v) is 12.8. The molecule has 2 aromatic rings. The van der Waals surface area contributed by atoms with Gasteiger partial charge in [0.2, 0.25) is 5.91 Å². The van der Waals surface area contributed by atoms with Crippen LogP contribution in [-0.2, 0) is 11.0 Å². The molecule has 0 atom stereocenters. The zero-order valence-electron chi connectivity index (χ0n) is 24.6. The lowest BCUT2D eigenvalue weighted by Gasteiger charge is -2.36. The predicted molar refractivity (Wildman–Crippen MR) is 164 cm³/mol. The van der Waals surface area contributed by atoms with Crippen LogP contribution in [0.1, 0.15) is 68.4 Å². The Kier molecular flexibility index (Phi) is 11.9. The summed E-state index contributed by atoms with van der Waals surface area (Å²) >= 11 is 0.577. The first-order valence-corrected chi connectivity index (χ1v) is 16.1. The van der Waals surface area contributed by atoms with Gasteiger partial charge in [-0.05, 0) is 73.6 Å². The molecule has 2 fully saturated rings. The van der Waals surface area contributed by atoms with Gasteiger partial charge in [-0.3, -0.25) is 9.69 Å². The first-order valence-electron chi connectivity index (χ1n) is 15.2. The standard InChI is InChI=1S/C33H42F5N3OS/c1-2-18-32(34,35)43-30-15-9-27(10-16-30)26-7-3-5-19-41(20-6-4-8-26)31(42)17-21-39-22-24-40(25-23-39)29-13-11-28(12-14-29)33(36,37)38/h2,9-16,26H,1,3-8,17-25H2. The quantitative estimate of drug-likeness (QED) is 0.159. The molecule has 236 valence electrons. The number of anilines is 1. The predicted octanol–water partition coefficient (Wildman–Crippen LogP) is 8.45. The number of hydrogen-bond acceptors (Lipinski definition) is 4. The van der Waals surface area contributed by atoms with Crippen molar-refractivity contribution >= 4 is 23.4 Å².